The number of rotatable bonds is 0. The molecule has 0 aliphatic carbocycles. The van der Waals surface area contributed by atoms with Crippen molar-refractivity contribution >= 4 is 85.8 Å². The van der Waals surface area contributed by atoms with Gasteiger partial charge in [0.05, 0.1) is 0 Å². The standard InChI is InChI=1S/2Ca.H3NO3S.4H/c;;1-5(2,3)4;;;;/h;;(H3,1,2,3,4);;;;/q2*+2;;4*-1. The third-order valence-electron chi connectivity index (χ3n) is 0. The van der Waals surface area contributed by atoms with E-state index in [1.165, 1.54) is 0 Å². The van der Waals surface area contributed by atoms with Crippen LogP contribution in [0.3, 0.4) is 0 Å². The van der Waals surface area contributed by atoms with Gasteiger partial charge in [0.2, 0.25) is 0 Å². The van der Waals surface area contributed by atoms with E-state index in [2.05, 4.69) is 5.14 Å². The van der Waals surface area contributed by atoms with E-state index in [-0.39, 0.29) is 81.2 Å². The molecule has 0 aromatic carbocycles. The van der Waals surface area contributed by atoms with E-state index in [1.54, 1.807) is 0 Å². The molecule has 0 rings (SSSR count). The molecule has 0 spiro atoms. The number of hydrogen-bond acceptors (Lipinski definition) is 2. The van der Waals surface area contributed by atoms with Gasteiger partial charge in [-0.2, -0.15) is 8.42 Å². The van der Waals surface area contributed by atoms with Crippen LogP contribution in [0.1, 0.15) is 5.71 Å². The quantitative estimate of drug-likeness (QED) is 0.350. The van der Waals surface area contributed by atoms with E-state index in [0.717, 1.165) is 0 Å². The van der Waals surface area contributed by atoms with Crippen molar-refractivity contribution in [1.82, 2.24) is 0 Å². The molecule has 0 unspecified atom stereocenters. The zero-order valence-electron chi connectivity index (χ0n) is 7.66. The smallest absolute Gasteiger partial charge is 1.00 e. The summed E-state index contributed by atoms with van der Waals surface area (Å²) >= 11 is 0. The molecule has 4 nitrogen and oxygen atoms in total. The number of nitrogens with two attached hydrogens (primary N) is 1. The molecule has 0 bridgehead atoms. The Hall–Kier alpha value is 2.39. The zero-order valence-corrected chi connectivity index (χ0v) is 8.90. The third kappa shape index (κ3) is 60.0. The van der Waals surface area contributed by atoms with Gasteiger partial charge in [-0.05, 0) is 0 Å². The maximum atomic E-state index is 8.97. The van der Waals surface area contributed by atoms with Crippen LogP contribution in [0.15, 0.2) is 0 Å². The van der Waals surface area contributed by atoms with Gasteiger partial charge in [-0.15, -0.1) is 0 Å². The third-order valence-corrected chi connectivity index (χ3v) is 0. The molecule has 0 saturated heterocycles. The first-order valence-corrected chi connectivity index (χ1v) is 2.25. The molecule has 0 atom stereocenters. The maximum Gasteiger partial charge on any atom is 2.00 e. The van der Waals surface area contributed by atoms with Crippen molar-refractivity contribution in [3.8, 4) is 0 Å². The fourth-order valence-corrected chi connectivity index (χ4v) is 0. The summed E-state index contributed by atoms with van der Waals surface area (Å²) in [6.45, 7) is 0. The van der Waals surface area contributed by atoms with Crippen molar-refractivity contribution in [2.24, 2.45) is 5.14 Å². The van der Waals surface area contributed by atoms with Crippen molar-refractivity contribution in [3.63, 3.8) is 0 Å². The molecule has 0 heterocycles. The molecule has 7 heteroatoms. The minimum absolute atomic E-state index is 0. The second-order valence-electron chi connectivity index (χ2n) is 0.515. The van der Waals surface area contributed by atoms with E-state index in [4.69, 9.17) is 13.0 Å². The summed E-state index contributed by atoms with van der Waals surface area (Å²) < 4.78 is 25.2. The Kier molecular flexibility index (Phi) is 15.1. The van der Waals surface area contributed by atoms with E-state index < -0.39 is 10.3 Å². The summed E-state index contributed by atoms with van der Waals surface area (Å²) in [5, 5.41) is 3.88. The Labute approximate surface area is 108 Å². The van der Waals surface area contributed by atoms with E-state index >= 15 is 0 Å². The summed E-state index contributed by atoms with van der Waals surface area (Å²) in [6, 6.07) is 0. The Morgan fingerprint density at radius 1 is 1.43 bits per heavy atom. The van der Waals surface area contributed by atoms with Gasteiger partial charge in [0.25, 0.3) is 0 Å². The Balaban J connectivity index is -0.00000000533. The van der Waals surface area contributed by atoms with Gasteiger partial charge in [0, 0.05) is 0 Å². The van der Waals surface area contributed by atoms with Crippen molar-refractivity contribution in [2.75, 3.05) is 0 Å². The van der Waals surface area contributed by atoms with Gasteiger partial charge in [0.1, 0.15) is 0 Å². The Morgan fingerprint density at radius 2 is 1.43 bits per heavy atom. The molecule has 0 fully saturated rings. The van der Waals surface area contributed by atoms with Crippen LogP contribution in [0.4, 0.5) is 0 Å². The van der Waals surface area contributed by atoms with E-state index in [9.17, 15) is 0 Å². The molecule has 0 aromatic rings. The van der Waals surface area contributed by atoms with Crippen LogP contribution >= 0.6 is 0 Å². The SMILES string of the molecule is NS(=O)(=O)O.[Ca+2].[Ca+2].[H-].[H-].[H-].[H-]. The van der Waals surface area contributed by atoms with Crippen molar-refractivity contribution in [3.05, 3.63) is 0 Å². The van der Waals surface area contributed by atoms with Gasteiger partial charge < -0.3 is 5.71 Å². The second-order valence-corrected chi connectivity index (χ2v) is 1.54. The van der Waals surface area contributed by atoms with Crippen LogP contribution in [0.25, 0.3) is 0 Å². The molecule has 0 amide bonds. The van der Waals surface area contributed by atoms with Gasteiger partial charge >= 0.3 is 85.8 Å². The molecule has 0 aliphatic heterocycles. The minimum atomic E-state index is -4.17. The second kappa shape index (κ2) is 6.51. The molecule has 7 heavy (non-hydrogen) atoms. The van der Waals surface area contributed by atoms with E-state index in [1.807, 2.05) is 0 Å². The fraction of sp³-hybridized carbons (Fsp3) is 0. The van der Waals surface area contributed by atoms with Gasteiger partial charge in [-0.3, -0.25) is 4.55 Å². The first kappa shape index (κ1) is 16.2. The summed E-state index contributed by atoms with van der Waals surface area (Å²) in [7, 11) is -4.17. The van der Waals surface area contributed by atoms with Crippen LogP contribution in [0.5, 0.6) is 0 Å². The predicted molar refractivity (Wildman–Crippen MR) is 31.7 cm³/mol. The van der Waals surface area contributed by atoms with Crippen molar-refractivity contribution in [1.29, 1.82) is 0 Å². The summed E-state index contributed by atoms with van der Waals surface area (Å²) in [4.78, 5) is 0. The van der Waals surface area contributed by atoms with Crippen LogP contribution in [-0.4, -0.2) is 88.4 Å². The largest absolute Gasteiger partial charge is 2.00 e. The summed E-state index contributed by atoms with van der Waals surface area (Å²) in [6.07, 6.45) is 0. The molecule has 0 aliphatic rings. The van der Waals surface area contributed by atoms with Gasteiger partial charge in [0.15, 0.2) is 0 Å². The monoisotopic (exact) mass is 181 g/mol. The van der Waals surface area contributed by atoms with E-state index in [0.29, 0.717) is 0 Å². The summed E-state index contributed by atoms with van der Waals surface area (Å²) in [5.41, 5.74) is 0. The van der Waals surface area contributed by atoms with Gasteiger partial charge in [-0.25, -0.2) is 5.14 Å². The topological polar surface area (TPSA) is 80.4 Å². The number of hydrogen-bond donors (Lipinski definition) is 2. The first-order valence-electron chi connectivity index (χ1n) is 0.752. The van der Waals surface area contributed by atoms with Crippen LogP contribution < -0.4 is 5.14 Å². The zero-order chi connectivity index (χ0) is 4.50. The fourth-order valence-electron chi connectivity index (χ4n) is 0. The molecule has 0 aromatic heterocycles. The molecule has 0 radical (unpaired) electrons. The average Bonchev–Trinajstić information content (AvgIpc) is 0.722. The van der Waals surface area contributed by atoms with Gasteiger partial charge in [-0.1, -0.05) is 0 Å². The van der Waals surface area contributed by atoms with Crippen molar-refractivity contribution < 1.29 is 18.7 Å². The molecular weight excluding hydrogens is 174 g/mol. The maximum absolute atomic E-state index is 8.97. The molecule has 40 valence electrons. The Morgan fingerprint density at radius 3 is 1.43 bits per heavy atom. The first-order chi connectivity index (χ1) is 2.00. The van der Waals surface area contributed by atoms with Crippen molar-refractivity contribution in [2.45, 2.75) is 0 Å². The van der Waals surface area contributed by atoms with Crippen LogP contribution in [0, 0.1) is 0 Å². The van der Waals surface area contributed by atoms with Crippen LogP contribution in [-0.2, 0) is 10.3 Å². The molecular formula is H7Ca2NO3S. The molecule has 3 N–H and O–H groups in total. The minimum Gasteiger partial charge on any atom is -1.00 e. The summed E-state index contributed by atoms with van der Waals surface area (Å²) in [5.74, 6) is 0. The predicted octanol–water partition coefficient (Wildman–Crippen LogP) is -1.56. The average molecular weight is 181 g/mol. The van der Waals surface area contributed by atoms with Crippen LogP contribution in [0.2, 0.25) is 0 Å². The normalized spacial score (nSPS) is 8.29. The Bertz CT molecular complexity index is 107. The molecule has 0 saturated carbocycles.